The third-order valence-electron chi connectivity index (χ3n) is 4.32. The Hall–Kier alpha value is -0.810. The second-order valence-electron chi connectivity index (χ2n) is 5.85. The number of aliphatic imine (C=N–C) groups is 1. The van der Waals surface area contributed by atoms with Gasteiger partial charge in [-0.15, -0.1) is 0 Å². The number of ether oxygens (including phenoxy) is 2. The van der Waals surface area contributed by atoms with Gasteiger partial charge < -0.3 is 20.1 Å². The predicted octanol–water partition coefficient (Wildman–Crippen LogP) is 2.17. The van der Waals surface area contributed by atoms with Crippen molar-refractivity contribution < 1.29 is 9.47 Å². The molecule has 0 aromatic carbocycles. The molecule has 2 N–H and O–H groups in total. The molecule has 0 spiro atoms. The first-order chi connectivity index (χ1) is 10.3. The second kappa shape index (κ2) is 10.9. The van der Waals surface area contributed by atoms with Crippen LogP contribution in [0, 0.1) is 5.41 Å². The van der Waals surface area contributed by atoms with Crippen molar-refractivity contribution in [2.75, 3.05) is 47.1 Å². The van der Waals surface area contributed by atoms with E-state index < -0.39 is 0 Å². The van der Waals surface area contributed by atoms with Gasteiger partial charge in [0.25, 0.3) is 0 Å². The normalized spacial score (nSPS) is 18.0. The first-order valence-corrected chi connectivity index (χ1v) is 8.27. The van der Waals surface area contributed by atoms with Gasteiger partial charge >= 0.3 is 0 Å². The van der Waals surface area contributed by atoms with E-state index in [9.17, 15) is 0 Å². The van der Waals surface area contributed by atoms with Crippen LogP contribution in [0.15, 0.2) is 4.99 Å². The van der Waals surface area contributed by atoms with Gasteiger partial charge in [0.15, 0.2) is 5.96 Å². The molecule has 5 nitrogen and oxygen atoms in total. The molecule has 0 bridgehead atoms. The minimum atomic E-state index is 0.388. The summed E-state index contributed by atoms with van der Waals surface area (Å²) in [5.74, 6) is 0.897. The molecular weight excluding hydrogens is 266 g/mol. The van der Waals surface area contributed by atoms with Gasteiger partial charge in [0.1, 0.15) is 0 Å². The van der Waals surface area contributed by atoms with Crippen LogP contribution in [-0.2, 0) is 9.47 Å². The summed E-state index contributed by atoms with van der Waals surface area (Å²) in [6.07, 6.45) is 7.42. The van der Waals surface area contributed by atoms with Gasteiger partial charge in [0.05, 0.1) is 0 Å². The third-order valence-corrected chi connectivity index (χ3v) is 4.32. The van der Waals surface area contributed by atoms with Gasteiger partial charge in [-0.1, -0.05) is 12.8 Å². The Bertz CT molecular complexity index is 289. The smallest absolute Gasteiger partial charge is 0.190 e. The van der Waals surface area contributed by atoms with Crippen LogP contribution in [0.5, 0.6) is 0 Å². The van der Waals surface area contributed by atoms with E-state index in [0.717, 1.165) is 51.7 Å². The zero-order chi connectivity index (χ0) is 15.4. The maximum absolute atomic E-state index is 5.56. The van der Waals surface area contributed by atoms with E-state index in [4.69, 9.17) is 9.47 Å². The minimum Gasteiger partial charge on any atom is -0.385 e. The summed E-state index contributed by atoms with van der Waals surface area (Å²) in [6, 6.07) is 0. The van der Waals surface area contributed by atoms with Crippen LogP contribution >= 0.6 is 0 Å². The fourth-order valence-electron chi connectivity index (χ4n) is 2.99. The van der Waals surface area contributed by atoms with Gasteiger partial charge in [-0.2, -0.15) is 0 Å². The zero-order valence-corrected chi connectivity index (χ0v) is 14.0. The van der Waals surface area contributed by atoms with Crippen LogP contribution in [0.3, 0.4) is 0 Å². The predicted molar refractivity (Wildman–Crippen MR) is 87.9 cm³/mol. The Morgan fingerprint density at radius 2 is 1.95 bits per heavy atom. The van der Waals surface area contributed by atoms with E-state index in [-0.39, 0.29) is 0 Å². The summed E-state index contributed by atoms with van der Waals surface area (Å²) in [5, 5.41) is 6.84. The molecule has 1 fully saturated rings. The molecule has 5 heteroatoms. The molecule has 0 atom stereocenters. The summed E-state index contributed by atoms with van der Waals surface area (Å²) < 4.78 is 10.6. The fourth-order valence-corrected chi connectivity index (χ4v) is 2.99. The SMILES string of the molecule is CCOCCC1(CNC(=NC)NCCCOC)CCCC1. The summed E-state index contributed by atoms with van der Waals surface area (Å²) in [6.45, 7) is 6.40. The van der Waals surface area contributed by atoms with Gasteiger partial charge in [0, 0.05) is 47.1 Å². The Balaban J connectivity index is 2.33. The van der Waals surface area contributed by atoms with Gasteiger partial charge in [-0.3, -0.25) is 4.99 Å². The van der Waals surface area contributed by atoms with Crippen molar-refractivity contribution in [1.29, 1.82) is 0 Å². The summed E-state index contributed by atoms with van der Waals surface area (Å²) in [4.78, 5) is 4.30. The lowest BCUT2D eigenvalue weighted by molar-refractivity contribution is 0.105. The standard InChI is InChI=1S/C16H33N3O2/c1-4-21-13-10-16(8-5-6-9-16)14-19-15(17-2)18-11-7-12-20-3/h4-14H2,1-3H3,(H2,17,18,19). The number of guanidine groups is 1. The Kier molecular flexibility index (Phi) is 9.42. The highest BCUT2D eigenvalue weighted by atomic mass is 16.5. The van der Waals surface area contributed by atoms with E-state index >= 15 is 0 Å². The van der Waals surface area contributed by atoms with E-state index in [1.165, 1.54) is 25.7 Å². The van der Waals surface area contributed by atoms with Crippen LogP contribution in [0.25, 0.3) is 0 Å². The summed E-state index contributed by atoms with van der Waals surface area (Å²) in [7, 11) is 3.56. The summed E-state index contributed by atoms with van der Waals surface area (Å²) in [5.41, 5.74) is 0.388. The molecule has 1 saturated carbocycles. The summed E-state index contributed by atoms with van der Waals surface area (Å²) >= 11 is 0. The van der Waals surface area contributed by atoms with Crippen molar-refractivity contribution in [3.8, 4) is 0 Å². The van der Waals surface area contributed by atoms with Gasteiger partial charge in [0.2, 0.25) is 0 Å². The highest BCUT2D eigenvalue weighted by Crippen LogP contribution is 2.40. The number of hydrogen-bond donors (Lipinski definition) is 2. The van der Waals surface area contributed by atoms with Crippen LogP contribution in [0.1, 0.15) is 45.4 Å². The largest absolute Gasteiger partial charge is 0.385 e. The molecule has 1 aliphatic rings. The average molecular weight is 299 g/mol. The van der Waals surface area contributed by atoms with E-state index in [0.29, 0.717) is 5.41 Å². The fraction of sp³-hybridized carbons (Fsp3) is 0.938. The first-order valence-electron chi connectivity index (χ1n) is 8.27. The zero-order valence-electron chi connectivity index (χ0n) is 14.0. The minimum absolute atomic E-state index is 0.388. The Morgan fingerprint density at radius 1 is 1.19 bits per heavy atom. The number of nitrogens with zero attached hydrogens (tertiary/aromatic N) is 1. The average Bonchev–Trinajstić information content (AvgIpc) is 2.96. The molecule has 124 valence electrons. The maximum Gasteiger partial charge on any atom is 0.190 e. The quantitative estimate of drug-likeness (QED) is 0.369. The molecule has 21 heavy (non-hydrogen) atoms. The highest BCUT2D eigenvalue weighted by molar-refractivity contribution is 5.79. The molecule has 0 aliphatic heterocycles. The van der Waals surface area contributed by atoms with Crippen LogP contribution in [-0.4, -0.2) is 53.0 Å². The second-order valence-corrected chi connectivity index (χ2v) is 5.85. The molecule has 0 amide bonds. The molecule has 0 radical (unpaired) electrons. The van der Waals surface area contributed by atoms with Crippen molar-refractivity contribution in [3.63, 3.8) is 0 Å². The Labute approximate surface area is 129 Å². The molecule has 0 heterocycles. The number of hydrogen-bond acceptors (Lipinski definition) is 3. The van der Waals surface area contributed by atoms with Crippen LogP contribution < -0.4 is 10.6 Å². The maximum atomic E-state index is 5.56. The molecule has 0 unspecified atom stereocenters. The number of nitrogens with one attached hydrogen (secondary N) is 2. The number of methoxy groups -OCH3 is 1. The van der Waals surface area contributed by atoms with Gasteiger partial charge in [-0.25, -0.2) is 0 Å². The monoisotopic (exact) mass is 299 g/mol. The van der Waals surface area contributed by atoms with Crippen molar-refractivity contribution in [2.45, 2.75) is 45.4 Å². The lowest BCUT2D eigenvalue weighted by atomic mass is 9.83. The van der Waals surface area contributed by atoms with Crippen LogP contribution in [0.2, 0.25) is 0 Å². The third kappa shape index (κ3) is 7.14. The van der Waals surface area contributed by atoms with Crippen molar-refractivity contribution in [3.05, 3.63) is 0 Å². The van der Waals surface area contributed by atoms with E-state index in [1.54, 1.807) is 7.11 Å². The Morgan fingerprint density at radius 3 is 2.57 bits per heavy atom. The van der Waals surface area contributed by atoms with Crippen molar-refractivity contribution >= 4 is 5.96 Å². The number of rotatable bonds is 10. The van der Waals surface area contributed by atoms with Gasteiger partial charge in [-0.05, 0) is 38.0 Å². The topological polar surface area (TPSA) is 54.9 Å². The van der Waals surface area contributed by atoms with E-state index in [1.807, 2.05) is 7.05 Å². The molecular formula is C16H33N3O2. The molecule has 1 rings (SSSR count). The molecule has 0 saturated heterocycles. The first kappa shape index (κ1) is 18.2. The lowest BCUT2D eigenvalue weighted by Crippen LogP contribution is -2.43. The van der Waals surface area contributed by atoms with Crippen molar-refractivity contribution in [1.82, 2.24) is 10.6 Å². The van der Waals surface area contributed by atoms with Crippen LogP contribution in [0.4, 0.5) is 0 Å². The lowest BCUT2D eigenvalue weighted by Gasteiger charge is -2.30. The molecule has 0 aromatic rings. The van der Waals surface area contributed by atoms with Crippen molar-refractivity contribution in [2.24, 2.45) is 10.4 Å². The molecule has 1 aliphatic carbocycles. The van der Waals surface area contributed by atoms with E-state index in [2.05, 4.69) is 22.5 Å². The molecule has 0 aromatic heterocycles. The highest BCUT2D eigenvalue weighted by Gasteiger charge is 2.33.